The Labute approximate surface area is 139 Å². The molecule has 0 heterocycles. The fourth-order valence-electron chi connectivity index (χ4n) is 3.22. The van der Waals surface area contributed by atoms with Crippen LogP contribution in [0.3, 0.4) is 0 Å². The summed E-state index contributed by atoms with van der Waals surface area (Å²) >= 11 is 0. The number of aliphatic hydroxyl groups is 1. The Kier molecular flexibility index (Phi) is 6.69. The number of hydrogen-bond acceptors (Lipinski definition) is 4. The van der Waals surface area contributed by atoms with E-state index in [2.05, 4.69) is 15.6 Å². The second-order valence-electron chi connectivity index (χ2n) is 6.72. The summed E-state index contributed by atoms with van der Waals surface area (Å²) in [6, 6.07) is 0.328. The third-order valence-electron chi connectivity index (χ3n) is 4.85. The maximum absolute atomic E-state index is 11.8. The summed E-state index contributed by atoms with van der Waals surface area (Å²) in [5.74, 6) is 0.759. The molecule has 0 aromatic heterocycles. The van der Waals surface area contributed by atoms with E-state index in [4.69, 9.17) is 4.74 Å². The van der Waals surface area contributed by atoms with Crippen molar-refractivity contribution < 1.29 is 14.6 Å². The fourth-order valence-corrected chi connectivity index (χ4v) is 3.22. The minimum atomic E-state index is -0.593. The van der Waals surface area contributed by atoms with Crippen LogP contribution < -0.4 is 10.6 Å². The predicted molar refractivity (Wildman–Crippen MR) is 90.3 cm³/mol. The molecular formula is C17H31N3O3. The quantitative estimate of drug-likeness (QED) is 0.392. The van der Waals surface area contributed by atoms with Crippen molar-refractivity contribution in [2.45, 2.75) is 70.4 Å². The van der Waals surface area contributed by atoms with E-state index in [1.54, 1.807) is 0 Å². The molecule has 2 fully saturated rings. The van der Waals surface area contributed by atoms with Gasteiger partial charge in [0.05, 0.1) is 24.7 Å². The molecule has 3 N–H and O–H groups in total. The molecule has 23 heavy (non-hydrogen) atoms. The molecule has 2 aliphatic carbocycles. The average molecular weight is 325 g/mol. The molecule has 0 bridgehead atoms. The van der Waals surface area contributed by atoms with Crippen molar-refractivity contribution in [1.82, 2.24) is 10.6 Å². The zero-order valence-corrected chi connectivity index (χ0v) is 14.4. The van der Waals surface area contributed by atoms with E-state index in [-0.39, 0.29) is 11.9 Å². The summed E-state index contributed by atoms with van der Waals surface area (Å²) in [5.41, 5.74) is -0.593. The second kappa shape index (κ2) is 8.52. The van der Waals surface area contributed by atoms with E-state index in [1.165, 1.54) is 0 Å². The van der Waals surface area contributed by atoms with Gasteiger partial charge in [-0.1, -0.05) is 0 Å². The van der Waals surface area contributed by atoms with Gasteiger partial charge >= 0.3 is 5.97 Å². The van der Waals surface area contributed by atoms with Gasteiger partial charge in [0.25, 0.3) is 0 Å². The standard InChI is InChI=1S/C17H31N3O3/c1-3-18-16(19-12-17(22)10-5-11-17)20-14-8-6-13(7-9-14)15(21)23-4-2/h13-14,22H,3-12H2,1-2H3,(H2,18,19,20). The number of nitrogens with zero attached hydrogens (tertiary/aromatic N) is 1. The fraction of sp³-hybridized carbons (Fsp3) is 0.882. The van der Waals surface area contributed by atoms with Crippen LogP contribution in [0.1, 0.15) is 58.8 Å². The molecule has 0 aromatic carbocycles. The number of ether oxygens (including phenoxy) is 1. The number of esters is 1. The first kappa shape index (κ1) is 18.0. The summed E-state index contributed by atoms with van der Waals surface area (Å²) in [4.78, 5) is 16.3. The molecule has 0 radical (unpaired) electrons. The lowest BCUT2D eigenvalue weighted by Gasteiger charge is -2.35. The van der Waals surface area contributed by atoms with Crippen LogP contribution in [0.4, 0.5) is 0 Å². The highest BCUT2D eigenvalue weighted by atomic mass is 16.5. The van der Waals surface area contributed by atoms with Crippen molar-refractivity contribution in [3.63, 3.8) is 0 Å². The number of carbonyl (C=O) groups excluding carboxylic acids is 1. The van der Waals surface area contributed by atoms with Gasteiger partial charge in [0, 0.05) is 12.6 Å². The van der Waals surface area contributed by atoms with Gasteiger partial charge in [-0.3, -0.25) is 9.79 Å². The first-order chi connectivity index (χ1) is 11.1. The predicted octanol–water partition coefficient (Wildman–Crippen LogP) is 1.58. The van der Waals surface area contributed by atoms with Crippen LogP contribution in [0, 0.1) is 5.92 Å². The maximum Gasteiger partial charge on any atom is 0.308 e. The molecule has 2 aliphatic rings. The number of nitrogens with one attached hydrogen (secondary N) is 2. The lowest BCUT2D eigenvalue weighted by Crippen LogP contribution is -2.47. The van der Waals surface area contributed by atoms with Crippen molar-refractivity contribution >= 4 is 11.9 Å². The van der Waals surface area contributed by atoms with Crippen LogP contribution in [0.25, 0.3) is 0 Å². The molecule has 0 unspecified atom stereocenters. The zero-order valence-electron chi connectivity index (χ0n) is 14.4. The molecule has 2 rings (SSSR count). The van der Waals surface area contributed by atoms with E-state index >= 15 is 0 Å². The van der Waals surface area contributed by atoms with Crippen LogP contribution in [-0.4, -0.2) is 48.4 Å². The number of aliphatic imine (C=N–C) groups is 1. The van der Waals surface area contributed by atoms with Gasteiger partial charge in [0.2, 0.25) is 0 Å². The molecule has 0 spiro atoms. The lowest BCUT2D eigenvalue weighted by molar-refractivity contribution is -0.149. The van der Waals surface area contributed by atoms with Crippen molar-refractivity contribution in [1.29, 1.82) is 0 Å². The zero-order chi connectivity index (χ0) is 16.7. The Hall–Kier alpha value is -1.30. The Morgan fingerprint density at radius 2 is 1.96 bits per heavy atom. The molecule has 6 nitrogen and oxygen atoms in total. The molecule has 6 heteroatoms. The first-order valence-corrected chi connectivity index (χ1v) is 9.00. The van der Waals surface area contributed by atoms with Crippen molar-refractivity contribution in [2.75, 3.05) is 19.7 Å². The van der Waals surface area contributed by atoms with E-state index in [1.807, 2.05) is 13.8 Å². The Bertz CT molecular complexity index is 413. The van der Waals surface area contributed by atoms with Gasteiger partial charge in [0.15, 0.2) is 5.96 Å². The highest BCUT2D eigenvalue weighted by Crippen LogP contribution is 2.31. The average Bonchev–Trinajstić information content (AvgIpc) is 2.52. The van der Waals surface area contributed by atoms with E-state index in [0.29, 0.717) is 19.2 Å². The van der Waals surface area contributed by atoms with Crippen LogP contribution in [0.5, 0.6) is 0 Å². The van der Waals surface area contributed by atoms with Gasteiger partial charge in [-0.25, -0.2) is 0 Å². The molecule has 0 atom stereocenters. The third-order valence-corrected chi connectivity index (χ3v) is 4.85. The molecular weight excluding hydrogens is 294 g/mol. The molecule has 0 aromatic rings. The summed E-state index contributed by atoms with van der Waals surface area (Å²) in [7, 11) is 0. The van der Waals surface area contributed by atoms with Crippen LogP contribution in [0.2, 0.25) is 0 Å². The molecule has 0 amide bonds. The van der Waals surface area contributed by atoms with Gasteiger partial charge in [0.1, 0.15) is 0 Å². The number of guanidine groups is 1. The summed E-state index contributed by atoms with van der Waals surface area (Å²) in [5, 5.41) is 16.9. The van der Waals surface area contributed by atoms with E-state index < -0.39 is 5.60 Å². The normalized spacial score (nSPS) is 27.0. The lowest BCUT2D eigenvalue weighted by atomic mass is 9.80. The smallest absolute Gasteiger partial charge is 0.308 e. The molecule has 0 aliphatic heterocycles. The summed E-state index contributed by atoms with van der Waals surface area (Å²) < 4.78 is 5.11. The van der Waals surface area contributed by atoms with Gasteiger partial charge in [-0.2, -0.15) is 0 Å². The van der Waals surface area contributed by atoms with Crippen LogP contribution >= 0.6 is 0 Å². The van der Waals surface area contributed by atoms with Crippen LogP contribution in [0.15, 0.2) is 4.99 Å². The molecule has 132 valence electrons. The molecule has 0 saturated heterocycles. The highest BCUT2D eigenvalue weighted by molar-refractivity contribution is 5.80. The Balaban J connectivity index is 1.79. The number of carbonyl (C=O) groups is 1. The third kappa shape index (κ3) is 5.37. The minimum Gasteiger partial charge on any atom is -0.466 e. The Morgan fingerprint density at radius 3 is 2.48 bits per heavy atom. The largest absolute Gasteiger partial charge is 0.466 e. The monoisotopic (exact) mass is 325 g/mol. The van der Waals surface area contributed by atoms with Crippen molar-refractivity contribution in [3.8, 4) is 0 Å². The number of hydrogen-bond donors (Lipinski definition) is 3. The number of rotatable bonds is 6. The topological polar surface area (TPSA) is 83.0 Å². The Morgan fingerprint density at radius 1 is 1.26 bits per heavy atom. The van der Waals surface area contributed by atoms with Crippen LogP contribution in [-0.2, 0) is 9.53 Å². The van der Waals surface area contributed by atoms with Gasteiger partial charge in [-0.05, 0) is 58.8 Å². The second-order valence-corrected chi connectivity index (χ2v) is 6.72. The van der Waals surface area contributed by atoms with Gasteiger partial charge < -0.3 is 20.5 Å². The maximum atomic E-state index is 11.8. The van der Waals surface area contributed by atoms with Gasteiger partial charge in [-0.15, -0.1) is 0 Å². The first-order valence-electron chi connectivity index (χ1n) is 9.00. The summed E-state index contributed by atoms with van der Waals surface area (Å²) in [6.07, 6.45) is 6.39. The minimum absolute atomic E-state index is 0.0446. The highest BCUT2D eigenvalue weighted by Gasteiger charge is 2.34. The van der Waals surface area contributed by atoms with E-state index in [0.717, 1.165) is 57.5 Å². The summed E-state index contributed by atoms with van der Waals surface area (Å²) in [6.45, 7) is 5.59. The molecule has 2 saturated carbocycles. The van der Waals surface area contributed by atoms with E-state index in [9.17, 15) is 9.90 Å². The SMILES string of the molecule is CCNC(=NCC1(O)CCC1)NC1CCC(C(=O)OCC)CC1. The van der Waals surface area contributed by atoms with Crippen molar-refractivity contribution in [2.24, 2.45) is 10.9 Å². The van der Waals surface area contributed by atoms with Crippen molar-refractivity contribution in [3.05, 3.63) is 0 Å².